The highest BCUT2D eigenvalue weighted by Gasteiger charge is 2.19. The summed E-state index contributed by atoms with van der Waals surface area (Å²) in [6.07, 6.45) is 0. The van der Waals surface area contributed by atoms with Gasteiger partial charge in [0.1, 0.15) is 5.82 Å². The number of anilines is 1. The van der Waals surface area contributed by atoms with E-state index in [0.29, 0.717) is 17.8 Å². The molecule has 3 nitrogen and oxygen atoms in total. The van der Waals surface area contributed by atoms with E-state index in [1.165, 1.54) is 17.0 Å². The van der Waals surface area contributed by atoms with Gasteiger partial charge in [-0.15, -0.1) is 11.3 Å². The van der Waals surface area contributed by atoms with Crippen molar-refractivity contribution in [2.45, 2.75) is 13.5 Å². The Morgan fingerprint density at radius 2 is 2.15 bits per heavy atom. The minimum Gasteiger partial charge on any atom is -0.399 e. The molecule has 1 aromatic heterocycles. The Kier molecular flexibility index (Phi) is 4.45. The van der Waals surface area contributed by atoms with Gasteiger partial charge < -0.3 is 10.6 Å². The third kappa shape index (κ3) is 3.19. The van der Waals surface area contributed by atoms with Crippen LogP contribution in [0.4, 0.5) is 10.1 Å². The summed E-state index contributed by atoms with van der Waals surface area (Å²) in [6.45, 7) is 2.03. The SMILES string of the molecule is Cc1cc(N)cc(C(=O)N(C)Cc2cc(Br)cs2)c1F. The molecule has 0 spiro atoms. The molecule has 106 valence electrons. The van der Waals surface area contributed by atoms with Gasteiger partial charge in [0.15, 0.2) is 0 Å². The fraction of sp³-hybridized carbons (Fsp3) is 0.214. The zero-order chi connectivity index (χ0) is 14.9. The van der Waals surface area contributed by atoms with E-state index in [-0.39, 0.29) is 11.5 Å². The molecule has 1 amide bonds. The quantitative estimate of drug-likeness (QED) is 0.849. The first-order valence-corrected chi connectivity index (χ1v) is 7.59. The lowest BCUT2D eigenvalue weighted by atomic mass is 10.1. The molecule has 20 heavy (non-hydrogen) atoms. The second-order valence-corrected chi connectivity index (χ2v) is 6.50. The largest absolute Gasteiger partial charge is 0.399 e. The highest BCUT2D eigenvalue weighted by atomic mass is 79.9. The number of carbonyl (C=O) groups is 1. The molecule has 0 aliphatic carbocycles. The number of nitrogen functional groups attached to an aromatic ring is 1. The molecule has 0 aliphatic rings. The van der Waals surface area contributed by atoms with Gasteiger partial charge in [-0.2, -0.15) is 0 Å². The summed E-state index contributed by atoms with van der Waals surface area (Å²) in [7, 11) is 1.65. The number of thiophene rings is 1. The molecular formula is C14H14BrFN2OS. The van der Waals surface area contributed by atoms with Crippen LogP contribution in [0.15, 0.2) is 28.1 Å². The van der Waals surface area contributed by atoms with Crippen molar-refractivity contribution in [2.24, 2.45) is 0 Å². The molecule has 2 aromatic rings. The van der Waals surface area contributed by atoms with Crippen LogP contribution in [0.1, 0.15) is 20.8 Å². The van der Waals surface area contributed by atoms with Gasteiger partial charge >= 0.3 is 0 Å². The van der Waals surface area contributed by atoms with Gasteiger partial charge in [-0.3, -0.25) is 4.79 Å². The van der Waals surface area contributed by atoms with E-state index < -0.39 is 5.82 Å². The number of rotatable bonds is 3. The lowest BCUT2D eigenvalue weighted by molar-refractivity contribution is 0.0781. The molecular weight excluding hydrogens is 343 g/mol. The van der Waals surface area contributed by atoms with Crippen molar-refractivity contribution in [3.63, 3.8) is 0 Å². The van der Waals surface area contributed by atoms with Crippen molar-refractivity contribution in [1.82, 2.24) is 4.90 Å². The van der Waals surface area contributed by atoms with Gasteiger partial charge in [-0.1, -0.05) is 0 Å². The van der Waals surface area contributed by atoms with Crippen LogP contribution in [-0.4, -0.2) is 17.9 Å². The van der Waals surface area contributed by atoms with E-state index in [1.807, 2.05) is 11.4 Å². The smallest absolute Gasteiger partial charge is 0.256 e. The summed E-state index contributed by atoms with van der Waals surface area (Å²) < 4.78 is 15.0. The molecule has 0 atom stereocenters. The fourth-order valence-corrected chi connectivity index (χ4v) is 3.40. The van der Waals surface area contributed by atoms with Crippen molar-refractivity contribution < 1.29 is 9.18 Å². The van der Waals surface area contributed by atoms with Crippen molar-refractivity contribution in [3.05, 3.63) is 49.9 Å². The van der Waals surface area contributed by atoms with E-state index in [2.05, 4.69) is 15.9 Å². The third-order valence-corrected chi connectivity index (χ3v) is 4.55. The number of aryl methyl sites for hydroxylation is 1. The lowest BCUT2D eigenvalue weighted by Gasteiger charge is -2.17. The number of hydrogen-bond donors (Lipinski definition) is 1. The Morgan fingerprint density at radius 3 is 2.75 bits per heavy atom. The molecule has 0 fully saturated rings. The van der Waals surface area contributed by atoms with Crippen LogP contribution in [0.3, 0.4) is 0 Å². The van der Waals surface area contributed by atoms with E-state index in [1.54, 1.807) is 25.3 Å². The van der Waals surface area contributed by atoms with Crippen LogP contribution >= 0.6 is 27.3 Å². The van der Waals surface area contributed by atoms with Crippen LogP contribution in [0.2, 0.25) is 0 Å². The Morgan fingerprint density at radius 1 is 1.45 bits per heavy atom. The minimum absolute atomic E-state index is 0.0145. The summed E-state index contributed by atoms with van der Waals surface area (Å²) in [5, 5.41) is 1.94. The van der Waals surface area contributed by atoms with Gasteiger partial charge in [-0.05, 0) is 46.6 Å². The van der Waals surface area contributed by atoms with E-state index in [0.717, 1.165) is 9.35 Å². The second kappa shape index (κ2) is 5.93. The van der Waals surface area contributed by atoms with E-state index >= 15 is 0 Å². The fourth-order valence-electron chi connectivity index (χ4n) is 1.90. The molecule has 0 bridgehead atoms. The van der Waals surface area contributed by atoms with E-state index in [9.17, 15) is 9.18 Å². The number of benzene rings is 1. The summed E-state index contributed by atoms with van der Waals surface area (Å²) in [6, 6.07) is 4.84. The Hall–Kier alpha value is -1.40. The van der Waals surface area contributed by atoms with Crippen molar-refractivity contribution in [1.29, 1.82) is 0 Å². The monoisotopic (exact) mass is 356 g/mol. The molecule has 2 rings (SSSR count). The summed E-state index contributed by atoms with van der Waals surface area (Å²) in [5.41, 5.74) is 6.46. The minimum atomic E-state index is -0.511. The molecule has 1 heterocycles. The van der Waals surface area contributed by atoms with Crippen LogP contribution in [-0.2, 0) is 6.54 Å². The van der Waals surface area contributed by atoms with Crippen LogP contribution < -0.4 is 5.73 Å². The molecule has 6 heteroatoms. The number of hydrogen-bond acceptors (Lipinski definition) is 3. The first kappa shape index (κ1) is 15.0. The highest BCUT2D eigenvalue weighted by Crippen LogP contribution is 2.23. The number of nitrogens with two attached hydrogens (primary N) is 1. The van der Waals surface area contributed by atoms with E-state index in [4.69, 9.17) is 5.73 Å². The maximum Gasteiger partial charge on any atom is 0.256 e. The number of carbonyl (C=O) groups excluding carboxylic acids is 1. The zero-order valence-corrected chi connectivity index (χ0v) is 13.5. The van der Waals surface area contributed by atoms with Crippen LogP contribution in [0.5, 0.6) is 0 Å². The predicted molar refractivity (Wildman–Crippen MR) is 83.4 cm³/mol. The molecule has 1 aromatic carbocycles. The maximum atomic E-state index is 14.0. The molecule has 0 unspecified atom stereocenters. The summed E-state index contributed by atoms with van der Waals surface area (Å²) in [5.74, 6) is -0.883. The Bertz CT molecular complexity index is 657. The standard InChI is InChI=1S/C14H14BrFN2OS/c1-8-3-10(17)5-12(13(8)16)14(19)18(2)6-11-4-9(15)7-20-11/h3-5,7H,6,17H2,1-2H3. The van der Waals surface area contributed by atoms with Gasteiger partial charge in [0, 0.05) is 27.5 Å². The Balaban J connectivity index is 2.22. The Labute approximate surface area is 129 Å². The van der Waals surface area contributed by atoms with Crippen LogP contribution in [0.25, 0.3) is 0 Å². The second-order valence-electron chi connectivity index (χ2n) is 4.59. The number of amides is 1. The zero-order valence-electron chi connectivity index (χ0n) is 11.1. The topological polar surface area (TPSA) is 46.3 Å². The average Bonchev–Trinajstić information content (AvgIpc) is 2.78. The summed E-state index contributed by atoms with van der Waals surface area (Å²) in [4.78, 5) is 14.8. The molecule has 2 N–H and O–H groups in total. The number of halogens is 2. The van der Waals surface area contributed by atoms with Crippen LogP contribution in [0, 0.1) is 12.7 Å². The third-order valence-electron chi connectivity index (χ3n) is 2.87. The van der Waals surface area contributed by atoms with Gasteiger partial charge in [0.2, 0.25) is 0 Å². The first-order valence-electron chi connectivity index (χ1n) is 5.92. The van der Waals surface area contributed by atoms with Gasteiger partial charge in [0.25, 0.3) is 5.91 Å². The lowest BCUT2D eigenvalue weighted by Crippen LogP contribution is -2.27. The average molecular weight is 357 g/mol. The van der Waals surface area contributed by atoms with Gasteiger partial charge in [-0.25, -0.2) is 4.39 Å². The van der Waals surface area contributed by atoms with Gasteiger partial charge in [0.05, 0.1) is 12.1 Å². The van der Waals surface area contributed by atoms with Crippen molar-refractivity contribution in [2.75, 3.05) is 12.8 Å². The molecule has 0 saturated heterocycles. The van der Waals surface area contributed by atoms with Crippen molar-refractivity contribution >= 4 is 38.9 Å². The molecule has 0 saturated carbocycles. The number of nitrogens with zero attached hydrogens (tertiary/aromatic N) is 1. The molecule has 0 radical (unpaired) electrons. The normalized spacial score (nSPS) is 10.6. The highest BCUT2D eigenvalue weighted by molar-refractivity contribution is 9.10. The van der Waals surface area contributed by atoms with Crippen molar-refractivity contribution in [3.8, 4) is 0 Å². The summed E-state index contributed by atoms with van der Waals surface area (Å²) >= 11 is 4.91. The predicted octanol–water partition coefficient (Wildman–Crippen LogP) is 3.81. The molecule has 0 aliphatic heterocycles. The first-order chi connectivity index (χ1) is 9.38. The maximum absolute atomic E-state index is 14.0.